The minimum Gasteiger partial charge on any atom is -0.481 e. The predicted octanol–water partition coefficient (Wildman–Crippen LogP) is 2.10. The van der Waals surface area contributed by atoms with E-state index in [0.29, 0.717) is 11.3 Å². The van der Waals surface area contributed by atoms with E-state index in [1.54, 1.807) is 24.3 Å². The molecular formula is C14H11FN2O3. The second-order valence-corrected chi connectivity index (χ2v) is 4.12. The predicted molar refractivity (Wildman–Crippen MR) is 69.9 cm³/mol. The average molecular weight is 274 g/mol. The highest BCUT2D eigenvalue weighted by Gasteiger charge is 2.08. The van der Waals surface area contributed by atoms with E-state index in [1.807, 2.05) is 0 Å². The zero-order chi connectivity index (χ0) is 14.5. The van der Waals surface area contributed by atoms with Crippen LogP contribution in [0, 0.1) is 5.82 Å². The summed E-state index contributed by atoms with van der Waals surface area (Å²) in [4.78, 5) is 26.1. The molecule has 0 fully saturated rings. The number of benzene rings is 1. The summed E-state index contributed by atoms with van der Waals surface area (Å²) in [5, 5.41) is 11.3. The monoisotopic (exact) mass is 274 g/mol. The van der Waals surface area contributed by atoms with Gasteiger partial charge in [-0.1, -0.05) is 12.1 Å². The summed E-state index contributed by atoms with van der Waals surface area (Å²) in [6, 6.07) is 7.53. The first kappa shape index (κ1) is 13.7. The maximum absolute atomic E-state index is 13.0. The van der Waals surface area contributed by atoms with Crippen molar-refractivity contribution in [1.82, 2.24) is 4.98 Å². The van der Waals surface area contributed by atoms with Crippen LogP contribution < -0.4 is 5.32 Å². The SMILES string of the molecule is O=C(O)Cc1cccc(NC(=O)c2cncc(F)c2)c1. The number of anilines is 1. The van der Waals surface area contributed by atoms with Gasteiger partial charge < -0.3 is 10.4 Å². The summed E-state index contributed by atoms with van der Waals surface area (Å²) < 4.78 is 13.0. The van der Waals surface area contributed by atoms with Crippen LogP contribution in [-0.2, 0) is 11.2 Å². The summed E-state index contributed by atoms with van der Waals surface area (Å²) in [7, 11) is 0. The summed E-state index contributed by atoms with van der Waals surface area (Å²) in [6.45, 7) is 0. The van der Waals surface area contributed by atoms with Crippen LogP contribution in [0.3, 0.4) is 0 Å². The van der Waals surface area contributed by atoms with Crippen LogP contribution in [0.2, 0.25) is 0 Å². The van der Waals surface area contributed by atoms with E-state index in [4.69, 9.17) is 5.11 Å². The lowest BCUT2D eigenvalue weighted by atomic mass is 10.1. The van der Waals surface area contributed by atoms with Crippen LogP contribution in [0.15, 0.2) is 42.7 Å². The van der Waals surface area contributed by atoms with E-state index in [9.17, 15) is 14.0 Å². The van der Waals surface area contributed by atoms with E-state index in [1.165, 1.54) is 6.20 Å². The highest BCUT2D eigenvalue weighted by Crippen LogP contribution is 2.13. The molecule has 0 aliphatic heterocycles. The number of carboxylic acids is 1. The van der Waals surface area contributed by atoms with Gasteiger partial charge in [-0.2, -0.15) is 0 Å². The Morgan fingerprint density at radius 1 is 1.25 bits per heavy atom. The first-order chi connectivity index (χ1) is 9.54. The van der Waals surface area contributed by atoms with Crippen molar-refractivity contribution in [3.63, 3.8) is 0 Å². The van der Waals surface area contributed by atoms with Crippen molar-refractivity contribution in [3.05, 3.63) is 59.7 Å². The van der Waals surface area contributed by atoms with Crippen molar-refractivity contribution in [3.8, 4) is 0 Å². The Kier molecular flexibility index (Phi) is 4.05. The molecule has 0 spiro atoms. The molecule has 0 unspecified atom stereocenters. The van der Waals surface area contributed by atoms with Crippen LogP contribution in [0.1, 0.15) is 15.9 Å². The number of amides is 1. The Labute approximate surface area is 114 Å². The van der Waals surface area contributed by atoms with Crippen LogP contribution in [0.5, 0.6) is 0 Å². The molecule has 20 heavy (non-hydrogen) atoms. The van der Waals surface area contributed by atoms with Gasteiger partial charge in [0.1, 0.15) is 5.82 Å². The fraction of sp³-hybridized carbons (Fsp3) is 0.0714. The van der Waals surface area contributed by atoms with Crippen LogP contribution in [0.4, 0.5) is 10.1 Å². The number of aliphatic carboxylic acids is 1. The molecule has 102 valence electrons. The molecule has 2 N–H and O–H groups in total. The lowest BCUT2D eigenvalue weighted by Gasteiger charge is -2.06. The van der Waals surface area contributed by atoms with Crippen LogP contribution in [0.25, 0.3) is 0 Å². The smallest absolute Gasteiger partial charge is 0.307 e. The molecular weight excluding hydrogens is 263 g/mol. The molecule has 0 saturated heterocycles. The highest BCUT2D eigenvalue weighted by atomic mass is 19.1. The number of carboxylic acid groups (broad SMARTS) is 1. The minimum absolute atomic E-state index is 0.0913. The number of aromatic nitrogens is 1. The number of hydrogen-bond donors (Lipinski definition) is 2. The van der Waals surface area contributed by atoms with Gasteiger partial charge in [-0.15, -0.1) is 0 Å². The zero-order valence-corrected chi connectivity index (χ0v) is 10.3. The summed E-state index contributed by atoms with van der Waals surface area (Å²) in [6.07, 6.45) is 2.12. The Hall–Kier alpha value is -2.76. The van der Waals surface area contributed by atoms with Crippen molar-refractivity contribution in [2.24, 2.45) is 0 Å². The largest absolute Gasteiger partial charge is 0.481 e. The van der Waals surface area contributed by atoms with Gasteiger partial charge in [-0.25, -0.2) is 4.39 Å². The molecule has 0 saturated carbocycles. The standard InChI is InChI=1S/C14H11FN2O3/c15-11-6-10(7-16-8-11)14(20)17-12-3-1-2-9(4-12)5-13(18)19/h1-4,6-8H,5H2,(H,17,20)(H,18,19). The van der Waals surface area contributed by atoms with Crippen molar-refractivity contribution < 1.29 is 19.1 Å². The third-order valence-corrected chi connectivity index (χ3v) is 2.51. The summed E-state index contributed by atoms with van der Waals surface area (Å²) >= 11 is 0. The Balaban J connectivity index is 2.13. The zero-order valence-electron chi connectivity index (χ0n) is 10.3. The van der Waals surface area contributed by atoms with E-state index < -0.39 is 17.7 Å². The molecule has 0 atom stereocenters. The molecule has 0 bridgehead atoms. The number of carbonyl (C=O) groups excluding carboxylic acids is 1. The highest BCUT2D eigenvalue weighted by molar-refractivity contribution is 6.04. The molecule has 2 aromatic rings. The fourth-order valence-electron chi connectivity index (χ4n) is 1.67. The number of pyridine rings is 1. The number of halogens is 1. The molecule has 1 amide bonds. The van der Waals surface area contributed by atoms with E-state index in [2.05, 4.69) is 10.3 Å². The third kappa shape index (κ3) is 3.61. The summed E-state index contributed by atoms with van der Waals surface area (Å²) in [5.41, 5.74) is 1.10. The molecule has 2 rings (SSSR count). The van der Waals surface area contributed by atoms with Gasteiger partial charge in [0, 0.05) is 11.9 Å². The second kappa shape index (κ2) is 5.92. The van der Waals surface area contributed by atoms with E-state index in [0.717, 1.165) is 12.3 Å². The van der Waals surface area contributed by atoms with Gasteiger partial charge in [-0.3, -0.25) is 14.6 Å². The van der Waals surface area contributed by atoms with E-state index >= 15 is 0 Å². The molecule has 5 nitrogen and oxygen atoms in total. The normalized spacial score (nSPS) is 10.1. The van der Waals surface area contributed by atoms with Gasteiger partial charge in [0.15, 0.2) is 0 Å². The number of rotatable bonds is 4. The Morgan fingerprint density at radius 3 is 2.75 bits per heavy atom. The second-order valence-electron chi connectivity index (χ2n) is 4.12. The molecule has 0 aliphatic carbocycles. The van der Waals surface area contributed by atoms with Crippen molar-refractivity contribution >= 4 is 17.6 Å². The molecule has 0 radical (unpaired) electrons. The number of nitrogens with one attached hydrogen (secondary N) is 1. The van der Waals surface area contributed by atoms with Crippen molar-refractivity contribution in [2.75, 3.05) is 5.32 Å². The molecule has 6 heteroatoms. The molecule has 1 aromatic heterocycles. The quantitative estimate of drug-likeness (QED) is 0.894. The molecule has 1 aromatic carbocycles. The fourth-order valence-corrected chi connectivity index (χ4v) is 1.67. The topological polar surface area (TPSA) is 79.3 Å². The van der Waals surface area contributed by atoms with E-state index in [-0.39, 0.29) is 12.0 Å². The molecule has 0 aliphatic rings. The van der Waals surface area contributed by atoms with Gasteiger partial charge in [0.25, 0.3) is 5.91 Å². The minimum atomic E-state index is -0.956. The molecule has 1 heterocycles. The number of carbonyl (C=O) groups is 2. The number of hydrogen-bond acceptors (Lipinski definition) is 3. The van der Waals surface area contributed by atoms with Gasteiger partial charge >= 0.3 is 5.97 Å². The van der Waals surface area contributed by atoms with Crippen LogP contribution >= 0.6 is 0 Å². The number of nitrogens with zero attached hydrogens (tertiary/aromatic N) is 1. The maximum Gasteiger partial charge on any atom is 0.307 e. The van der Waals surface area contributed by atoms with Gasteiger partial charge in [-0.05, 0) is 23.8 Å². The first-order valence-corrected chi connectivity index (χ1v) is 5.77. The summed E-state index contributed by atoms with van der Waals surface area (Å²) in [5.74, 6) is -2.07. The first-order valence-electron chi connectivity index (χ1n) is 5.77. The Bertz CT molecular complexity index is 658. The maximum atomic E-state index is 13.0. The third-order valence-electron chi connectivity index (χ3n) is 2.51. The lowest BCUT2D eigenvalue weighted by Crippen LogP contribution is -2.12. The van der Waals surface area contributed by atoms with Crippen LogP contribution in [-0.4, -0.2) is 22.0 Å². The Morgan fingerprint density at radius 2 is 2.05 bits per heavy atom. The van der Waals surface area contributed by atoms with Gasteiger partial charge in [0.05, 0.1) is 18.2 Å². The lowest BCUT2D eigenvalue weighted by molar-refractivity contribution is -0.136. The van der Waals surface area contributed by atoms with Gasteiger partial charge in [0.2, 0.25) is 0 Å². The van der Waals surface area contributed by atoms with Crippen molar-refractivity contribution in [2.45, 2.75) is 6.42 Å². The average Bonchev–Trinajstić information content (AvgIpc) is 2.38. The van der Waals surface area contributed by atoms with Crippen molar-refractivity contribution in [1.29, 1.82) is 0 Å².